The van der Waals surface area contributed by atoms with Crippen LogP contribution in [0.5, 0.6) is 0 Å². The van der Waals surface area contributed by atoms with Crippen LogP contribution >= 0.6 is 0 Å². The first kappa shape index (κ1) is 104. The molecular formula is C27H36K2N2Na6O26. The van der Waals surface area contributed by atoms with Crippen LogP contribution in [0.1, 0.15) is 6.42 Å². The third-order valence-corrected chi connectivity index (χ3v) is 5.12. The summed E-state index contributed by atoms with van der Waals surface area (Å²) in [6.45, 7) is -1.02. The van der Waals surface area contributed by atoms with Crippen molar-refractivity contribution in [1.29, 1.82) is 0 Å². The normalized spacial score (nSPS) is 15.3. The van der Waals surface area contributed by atoms with Crippen LogP contribution in [0, 0.1) is 20.7 Å². The van der Waals surface area contributed by atoms with Gasteiger partial charge in [0.15, 0.2) is 0 Å². The Bertz CT molecular complexity index is 1220. The van der Waals surface area contributed by atoms with Gasteiger partial charge in [-0.05, 0) is 24.3 Å². The third-order valence-electron chi connectivity index (χ3n) is 5.12. The predicted octanol–water partition coefficient (Wildman–Crippen LogP) is -39.1. The molecule has 0 fully saturated rings. The average molecular weight is 1020 g/mol. The Balaban J connectivity index is -0.0000000387. The van der Waals surface area contributed by atoms with Crippen molar-refractivity contribution in [2.75, 3.05) is 32.8 Å². The largest absolute Gasteiger partial charge is 1.00 e. The maximum atomic E-state index is 10.3. The van der Waals surface area contributed by atoms with E-state index in [2.05, 4.69) is 14.1 Å². The maximum absolute atomic E-state index is 10.3. The number of carbonyl (C=O) groups is 5. The van der Waals surface area contributed by atoms with Crippen LogP contribution in [0.25, 0.3) is 0 Å². The van der Waals surface area contributed by atoms with Crippen LogP contribution in [0.15, 0.2) is 11.6 Å². The van der Waals surface area contributed by atoms with E-state index in [4.69, 9.17) is 79.8 Å². The number of nitrogens with zero attached hydrogens (tertiary/aromatic N) is 2. The summed E-state index contributed by atoms with van der Waals surface area (Å²) < 4.78 is 0. The van der Waals surface area contributed by atoms with Crippen LogP contribution in [0.4, 0.5) is 0 Å². The van der Waals surface area contributed by atoms with Gasteiger partial charge < -0.3 is 120 Å². The first-order valence-electron chi connectivity index (χ1n) is 13.6. The average Bonchev–Trinajstić information content (AvgIpc) is 3.08. The molecule has 10 N–H and O–H groups in total. The molecule has 8 unspecified atom stereocenters. The van der Waals surface area contributed by atoms with Gasteiger partial charge >= 0.3 is 299 Å². The van der Waals surface area contributed by atoms with Gasteiger partial charge in [0.1, 0.15) is 36.6 Å². The molecule has 0 aromatic rings. The quantitative estimate of drug-likeness (QED) is 0.0538. The van der Waals surface area contributed by atoms with E-state index in [1.807, 2.05) is 0 Å². The molecule has 63 heavy (non-hydrogen) atoms. The SMILES string of the molecule is O=C([O-])C(O)C(O)C(O)C(O)CO.O=C([O-])C(O)[CH-]O.O=C([O-])C1=CC(O)C(O)C(O)C1.O=C=O.O=C=O.O=C=O.[CH2-]N([CH2-])CCN(CC(=O)[O-])CC(=O)[O-].[K+].[K+].[Na+].[Na+].[Na+].[Na+].[Na+].[Na+]. The number of hydrogen-bond donors (Lipinski definition) is 10. The zero-order valence-corrected chi connectivity index (χ0v) is 54.1. The number of carboxylic acid groups (broad SMARTS) is 5. The van der Waals surface area contributed by atoms with Crippen LogP contribution in [0.3, 0.4) is 0 Å². The molecule has 0 bridgehead atoms. The first-order chi connectivity index (χ1) is 25.3. The van der Waals surface area contributed by atoms with Crippen LogP contribution < -0.4 is 306 Å². The Labute approximate surface area is 576 Å². The van der Waals surface area contributed by atoms with E-state index in [-0.39, 0.29) is 324 Å². The summed E-state index contributed by atoms with van der Waals surface area (Å²) in [5.41, 5.74) is -0.180. The summed E-state index contributed by atoms with van der Waals surface area (Å²) in [7, 11) is 6.88. The number of aliphatic carboxylic acids is 5. The number of rotatable bonds is 15. The third kappa shape index (κ3) is 72.7. The van der Waals surface area contributed by atoms with Gasteiger partial charge in [0.2, 0.25) is 0 Å². The Morgan fingerprint density at radius 1 is 0.698 bits per heavy atom. The fraction of sp³-hybridized carbons (Fsp3) is 0.519. The van der Waals surface area contributed by atoms with E-state index >= 15 is 0 Å². The molecule has 0 saturated carbocycles. The zero-order chi connectivity index (χ0) is 45.0. The van der Waals surface area contributed by atoms with Crippen molar-refractivity contribution in [3.05, 3.63) is 32.4 Å². The van der Waals surface area contributed by atoms with Crippen molar-refractivity contribution in [3.63, 3.8) is 0 Å². The van der Waals surface area contributed by atoms with Crippen molar-refractivity contribution >= 4 is 48.3 Å². The van der Waals surface area contributed by atoms with Gasteiger partial charge in [-0.15, -0.1) is 0 Å². The Kier molecular flexibility index (Phi) is 116. The van der Waals surface area contributed by atoms with Gasteiger partial charge in [0, 0.05) is 32.0 Å². The van der Waals surface area contributed by atoms with Gasteiger partial charge in [0.25, 0.3) is 0 Å². The number of hydrogen-bond acceptors (Lipinski definition) is 28. The van der Waals surface area contributed by atoms with E-state index in [1.54, 1.807) is 0 Å². The number of aliphatic hydroxyl groups is 10. The molecule has 1 aliphatic rings. The molecule has 1 rings (SSSR count). The molecule has 0 spiro atoms. The van der Waals surface area contributed by atoms with Crippen molar-refractivity contribution in [3.8, 4) is 0 Å². The summed E-state index contributed by atoms with van der Waals surface area (Å²) in [6.07, 6.45) is -12.3. The molecule has 36 heteroatoms. The van der Waals surface area contributed by atoms with E-state index in [0.29, 0.717) is 6.54 Å². The van der Waals surface area contributed by atoms with Crippen LogP contribution in [-0.4, -0.2) is 191 Å². The molecule has 0 aromatic heterocycles. The smallest absolute Gasteiger partial charge is 0.609 e. The second-order valence-electron chi connectivity index (χ2n) is 9.24. The monoisotopic (exact) mass is 1020 g/mol. The predicted molar refractivity (Wildman–Crippen MR) is 148 cm³/mol. The molecule has 0 aromatic carbocycles. The van der Waals surface area contributed by atoms with Gasteiger partial charge in [-0.1, -0.05) is 0 Å². The minimum absolute atomic E-state index is 0. The second kappa shape index (κ2) is 70.3. The Hall–Kier alpha value is 4.02. The minimum atomic E-state index is -2.31. The van der Waals surface area contributed by atoms with E-state index in [1.165, 1.54) is 9.80 Å². The van der Waals surface area contributed by atoms with E-state index in [9.17, 15) is 49.5 Å². The van der Waals surface area contributed by atoms with Crippen molar-refractivity contribution in [2.45, 2.75) is 55.3 Å². The Morgan fingerprint density at radius 2 is 1.05 bits per heavy atom. The fourth-order valence-electron chi connectivity index (χ4n) is 2.68. The Morgan fingerprint density at radius 3 is 1.25 bits per heavy atom. The molecule has 0 radical (unpaired) electrons. The first-order valence-corrected chi connectivity index (χ1v) is 13.6. The second-order valence-corrected chi connectivity index (χ2v) is 9.24. The van der Waals surface area contributed by atoms with Crippen molar-refractivity contribution in [2.24, 2.45) is 0 Å². The van der Waals surface area contributed by atoms with Gasteiger partial charge in [-0.2, -0.15) is 35.4 Å². The molecule has 318 valence electrons. The molecule has 1 aliphatic carbocycles. The van der Waals surface area contributed by atoms with Crippen LogP contribution in [-0.2, 0) is 52.7 Å². The van der Waals surface area contributed by atoms with E-state index < -0.39 is 98.4 Å². The maximum Gasteiger partial charge on any atom is 1.00 e. The molecule has 8 atom stereocenters. The summed E-state index contributed by atoms with van der Waals surface area (Å²) in [5.74, 6) is -7.77. The summed E-state index contributed by atoms with van der Waals surface area (Å²) in [4.78, 5) is 101. The van der Waals surface area contributed by atoms with Gasteiger partial charge in [-0.25, -0.2) is 0 Å². The fourth-order valence-corrected chi connectivity index (χ4v) is 2.68. The molecule has 28 nitrogen and oxygen atoms in total. The van der Waals surface area contributed by atoms with Crippen molar-refractivity contribution in [1.82, 2.24) is 9.80 Å². The summed E-state index contributed by atoms with van der Waals surface area (Å²) in [5, 5.41) is 136. The number of carboxylic acids is 5. The van der Waals surface area contributed by atoms with Crippen LogP contribution in [0.2, 0.25) is 0 Å². The molecule has 0 aliphatic heterocycles. The molecular weight excluding hydrogens is 984 g/mol. The van der Waals surface area contributed by atoms with Crippen molar-refractivity contribution < 1.29 is 409 Å². The topological polar surface area (TPSA) is 512 Å². The molecule has 0 amide bonds. The zero-order valence-electron chi connectivity index (χ0n) is 35.8. The summed E-state index contributed by atoms with van der Waals surface area (Å²) >= 11 is 0. The molecule has 0 heterocycles. The number of aliphatic hydroxyl groups excluding tert-OH is 10. The van der Waals surface area contributed by atoms with Gasteiger partial charge in [-0.3, -0.25) is 4.90 Å². The standard InChI is InChI=1S/C8H14N2O4.C7H10O5.C6H12O7.C3H5O4.3CO2.2K.6Na/c1-9(2)3-4-10(5-7(11)12)6-8(13)14;8-4-1-3(7(11)12)2-5(9)6(4)10;7-1-2(8)3(9)4(10)5(11)6(12)13;4-1-2(5)3(6)7;3*2-1-3;;;;;;;;/h1-6H2,(H,11,12)(H,13,14);1,4-6,8-10H,2H2,(H,11,12);2-5,7-11H,1H2,(H,12,13);1-2,4-5H,(H,6,7);;;;;;;;;;;/q-2;;;-1;;;;8*+1/p-5. The summed E-state index contributed by atoms with van der Waals surface area (Å²) in [6, 6.07) is 0. The molecule has 0 saturated heterocycles. The minimum Gasteiger partial charge on any atom is -0.609 e. The van der Waals surface area contributed by atoms with Gasteiger partial charge in [0.05, 0.1) is 36.6 Å². The number of carbonyl (C=O) groups excluding carboxylic acids is 11. The van der Waals surface area contributed by atoms with E-state index in [0.717, 1.165) is 6.08 Å².